The van der Waals surface area contributed by atoms with E-state index < -0.39 is 14.8 Å². The summed E-state index contributed by atoms with van der Waals surface area (Å²) in [5.74, 6) is 0.692. The lowest BCUT2D eigenvalue weighted by molar-refractivity contribution is -0.384. The van der Waals surface area contributed by atoms with Gasteiger partial charge in [-0.2, -0.15) is 0 Å². The number of benzene rings is 1. The zero-order chi connectivity index (χ0) is 16.2. The Hall–Kier alpha value is -2.26. The molecule has 9 heteroatoms. The van der Waals surface area contributed by atoms with E-state index in [9.17, 15) is 18.5 Å². The van der Waals surface area contributed by atoms with Gasteiger partial charge in [-0.1, -0.05) is 0 Å². The summed E-state index contributed by atoms with van der Waals surface area (Å²) in [4.78, 5) is 19.0. The molecule has 1 heterocycles. The number of imidazole rings is 1. The second kappa shape index (κ2) is 6.67. The predicted molar refractivity (Wildman–Crippen MR) is 80.1 cm³/mol. The molecule has 2 aromatic rings. The lowest BCUT2D eigenvalue weighted by Gasteiger charge is -2.15. The van der Waals surface area contributed by atoms with Gasteiger partial charge in [0.15, 0.2) is 9.84 Å². The SMILES string of the molecule is CN(CCS(=O)(=O)c1ccc([N+](=O)[O-])cc1)Cc1ncc[nH]1. The highest BCUT2D eigenvalue weighted by Gasteiger charge is 2.17. The van der Waals surface area contributed by atoms with Crippen molar-refractivity contribution < 1.29 is 13.3 Å². The number of aromatic amines is 1. The first-order valence-corrected chi connectivity index (χ1v) is 8.18. The lowest BCUT2D eigenvalue weighted by Crippen LogP contribution is -2.25. The number of H-pyrrole nitrogens is 1. The zero-order valence-electron chi connectivity index (χ0n) is 12.0. The Labute approximate surface area is 127 Å². The molecule has 0 bridgehead atoms. The van der Waals surface area contributed by atoms with Crippen LogP contribution in [0.3, 0.4) is 0 Å². The molecule has 0 aliphatic rings. The maximum absolute atomic E-state index is 12.2. The molecular formula is C13H16N4O4S. The van der Waals surface area contributed by atoms with Crippen molar-refractivity contribution in [2.45, 2.75) is 11.4 Å². The summed E-state index contributed by atoms with van der Waals surface area (Å²) in [6.07, 6.45) is 3.34. The summed E-state index contributed by atoms with van der Waals surface area (Å²) in [6.45, 7) is 0.850. The van der Waals surface area contributed by atoms with Gasteiger partial charge >= 0.3 is 0 Å². The number of hydrogen-bond donors (Lipinski definition) is 1. The molecule has 1 aromatic heterocycles. The van der Waals surface area contributed by atoms with E-state index in [-0.39, 0.29) is 16.3 Å². The van der Waals surface area contributed by atoms with Crippen LogP contribution in [-0.4, -0.2) is 47.6 Å². The van der Waals surface area contributed by atoms with Gasteiger partial charge in [-0.3, -0.25) is 15.0 Å². The van der Waals surface area contributed by atoms with Crippen LogP contribution in [0.15, 0.2) is 41.6 Å². The van der Waals surface area contributed by atoms with Crippen LogP contribution in [0, 0.1) is 10.1 Å². The Morgan fingerprint density at radius 2 is 2.00 bits per heavy atom. The third-order valence-corrected chi connectivity index (χ3v) is 4.83. The van der Waals surface area contributed by atoms with Crippen LogP contribution < -0.4 is 0 Å². The summed E-state index contributed by atoms with van der Waals surface area (Å²) >= 11 is 0. The second-order valence-corrected chi connectivity index (χ2v) is 6.95. The van der Waals surface area contributed by atoms with Gasteiger partial charge in [0.2, 0.25) is 0 Å². The van der Waals surface area contributed by atoms with E-state index in [1.165, 1.54) is 24.3 Å². The van der Waals surface area contributed by atoms with E-state index in [1.807, 2.05) is 4.90 Å². The molecule has 1 aromatic carbocycles. The standard InChI is InChI=1S/C13H16N4O4S/c1-16(10-13-14-6-7-15-13)8-9-22(20,21)12-4-2-11(3-5-12)17(18)19/h2-7H,8-10H2,1H3,(H,14,15). The topological polar surface area (TPSA) is 109 Å². The molecule has 1 N–H and O–H groups in total. The predicted octanol–water partition coefficient (Wildman–Crippen LogP) is 1.22. The number of nitro groups is 1. The molecule has 22 heavy (non-hydrogen) atoms. The summed E-state index contributed by atoms with van der Waals surface area (Å²) in [5.41, 5.74) is -0.131. The molecule has 0 saturated heterocycles. The number of hydrogen-bond acceptors (Lipinski definition) is 6. The van der Waals surface area contributed by atoms with Gasteiger partial charge in [0.1, 0.15) is 5.82 Å². The largest absolute Gasteiger partial charge is 0.348 e. The monoisotopic (exact) mass is 324 g/mol. The van der Waals surface area contributed by atoms with Crippen molar-refractivity contribution in [1.82, 2.24) is 14.9 Å². The number of nitrogens with one attached hydrogen (secondary N) is 1. The Morgan fingerprint density at radius 1 is 1.32 bits per heavy atom. The molecule has 0 atom stereocenters. The molecule has 0 unspecified atom stereocenters. The molecule has 0 saturated carbocycles. The number of nitro benzene ring substituents is 1. The molecule has 0 fully saturated rings. The van der Waals surface area contributed by atoms with E-state index in [0.717, 1.165) is 5.82 Å². The van der Waals surface area contributed by atoms with E-state index in [2.05, 4.69) is 9.97 Å². The van der Waals surface area contributed by atoms with E-state index in [4.69, 9.17) is 0 Å². The van der Waals surface area contributed by atoms with E-state index in [1.54, 1.807) is 19.4 Å². The minimum atomic E-state index is -3.47. The van der Waals surface area contributed by atoms with Crippen LogP contribution >= 0.6 is 0 Å². The fraction of sp³-hybridized carbons (Fsp3) is 0.308. The first-order valence-electron chi connectivity index (χ1n) is 6.52. The van der Waals surface area contributed by atoms with Crippen LogP contribution in [0.25, 0.3) is 0 Å². The first kappa shape index (κ1) is 16.1. The zero-order valence-corrected chi connectivity index (χ0v) is 12.8. The highest BCUT2D eigenvalue weighted by atomic mass is 32.2. The van der Waals surface area contributed by atoms with Gasteiger partial charge in [-0.15, -0.1) is 0 Å². The molecule has 0 radical (unpaired) electrons. The van der Waals surface area contributed by atoms with Crippen LogP contribution in [0.4, 0.5) is 5.69 Å². The molecule has 0 aliphatic heterocycles. The fourth-order valence-electron chi connectivity index (χ4n) is 1.89. The molecule has 0 amide bonds. The highest BCUT2D eigenvalue weighted by Crippen LogP contribution is 2.17. The van der Waals surface area contributed by atoms with Crippen molar-refractivity contribution in [3.05, 3.63) is 52.6 Å². The van der Waals surface area contributed by atoms with Crippen molar-refractivity contribution in [3.8, 4) is 0 Å². The first-order chi connectivity index (χ1) is 10.4. The number of non-ortho nitro benzene ring substituents is 1. The third kappa shape index (κ3) is 4.12. The quantitative estimate of drug-likeness (QED) is 0.606. The Balaban J connectivity index is 1.97. The van der Waals surface area contributed by atoms with E-state index >= 15 is 0 Å². The van der Waals surface area contributed by atoms with Gasteiger partial charge in [-0.25, -0.2) is 13.4 Å². The molecule has 0 spiro atoms. The average Bonchev–Trinajstić information content (AvgIpc) is 2.98. The molecular weight excluding hydrogens is 308 g/mol. The normalized spacial score (nSPS) is 11.7. The second-order valence-electron chi connectivity index (χ2n) is 4.84. The van der Waals surface area contributed by atoms with Gasteiger partial charge in [0, 0.05) is 31.1 Å². The third-order valence-electron chi connectivity index (χ3n) is 3.12. The average molecular weight is 324 g/mol. The number of nitrogens with zero attached hydrogens (tertiary/aromatic N) is 3. The maximum Gasteiger partial charge on any atom is 0.269 e. The van der Waals surface area contributed by atoms with Gasteiger partial charge in [0.05, 0.1) is 22.1 Å². The van der Waals surface area contributed by atoms with Crippen LogP contribution in [-0.2, 0) is 16.4 Å². The summed E-state index contributed by atoms with van der Waals surface area (Å²) in [5, 5.41) is 10.6. The molecule has 118 valence electrons. The van der Waals surface area contributed by atoms with Gasteiger partial charge in [0.25, 0.3) is 5.69 Å². The van der Waals surface area contributed by atoms with Crippen LogP contribution in [0.1, 0.15) is 5.82 Å². The minimum Gasteiger partial charge on any atom is -0.348 e. The van der Waals surface area contributed by atoms with Crippen molar-refractivity contribution in [2.24, 2.45) is 0 Å². The van der Waals surface area contributed by atoms with Gasteiger partial charge < -0.3 is 4.98 Å². The fourth-order valence-corrected chi connectivity index (χ4v) is 3.23. The maximum atomic E-state index is 12.2. The number of sulfone groups is 1. The van der Waals surface area contributed by atoms with Crippen LogP contribution in [0.2, 0.25) is 0 Å². The molecule has 0 aliphatic carbocycles. The lowest BCUT2D eigenvalue weighted by atomic mass is 10.3. The summed E-state index contributed by atoms with van der Waals surface area (Å²) in [7, 11) is -1.67. The molecule has 8 nitrogen and oxygen atoms in total. The minimum absolute atomic E-state index is 0.0674. The van der Waals surface area contributed by atoms with Crippen molar-refractivity contribution in [1.29, 1.82) is 0 Å². The smallest absolute Gasteiger partial charge is 0.269 e. The Bertz CT molecular complexity index is 726. The summed E-state index contributed by atoms with van der Waals surface area (Å²) < 4.78 is 24.4. The van der Waals surface area contributed by atoms with Crippen molar-refractivity contribution in [2.75, 3.05) is 19.3 Å². The number of rotatable bonds is 7. The van der Waals surface area contributed by atoms with Crippen LogP contribution in [0.5, 0.6) is 0 Å². The van der Waals surface area contributed by atoms with Crippen molar-refractivity contribution in [3.63, 3.8) is 0 Å². The van der Waals surface area contributed by atoms with Crippen molar-refractivity contribution >= 4 is 15.5 Å². The highest BCUT2D eigenvalue weighted by molar-refractivity contribution is 7.91. The Morgan fingerprint density at radius 3 is 2.55 bits per heavy atom. The number of aromatic nitrogens is 2. The van der Waals surface area contributed by atoms with Gasteiger partial charge in [-0.05, 0) is 19.2 Å². The summed E-state index contributed by atoms with van der Waals surface area (Å²) in [6, 6.07) is 4.92. The Kier molecular flexibility index (Phi) is 4.88. The molecule has 2 rings (SSSR count). The van der Waals surface area contributed by atoms with E-state index in [0.29, 0.717) is 13.1 Å².